The van der Waals surface area contributed by atoms with Crippen LogP contribution in [0.15, 0.2) is 22.7 Å². The molecule has 0 aliphatic carbocycles. The number of anilines is 1. The van der Waals surface area contributed by atoms with Crippen molar-refractivity contribution in [3.05, 3.63) is 28.2 Å². The maximum absolute atomic E-state index is 5.11. The third kappa shape index (κ3) is 2.56. The van der Waals surface area contributed by atoms with Crippen molar-refractivity contribution in [3.63, 3.8) is 0 Å². The van der Waals surface area contributed by atoms with Crippen LogP contribution in [0.2, 0.25) is 0 Å². The number of rotatable bonds is 3. The molecule has 2 N–H and O–H groups in total. The topological polar surface area (TPSA) is 38.5 Å². The van der Waals surface area contributed by atoms with E-state index in [0.29, 0.717) is 12.5 Å². The molecule has 1 fully saturated rings. The molecule has 1 aromatic carbocycles. The molecule has 1 unspecified atom stereocenters. The number of aryl methyl sites for hydroxylation is 1. The first kappa shape index (κ1) is 11.9. The zero-order chi connectivity index (χ0) is 11.5. The van der Waals surface area contributed by atoms with Crippen molar-refractivity contribution in [1.29, 1.82) is 0 Å². The Kier molecular flexibility index (Phi) is 3.84. The van der Waals surface area contributed by atoms with Gasteiger partial charge in [-0.1, -0.05) is 22.0 Å². The molecule has 0 bridgehead atoms. The van der Waals surface area contributed by atoms with Gasteiger partial charge >= 0.3 is 0 Å². The lowest BCUT2D eigenvalue weighted by atomic mass is 10.1. The fourth-order valence-electron chi connectivity index (χ4n) is 2.12. The highest BCUT2D eigenvalue weighted by Crippen LogP contribution is 2.28. The van der Waals surface area contributed by atoms with Crippen molar-refractivity contribution in [2.24, 2.45) is 11.8 Å². The quantitative estimate of drug-likeness (QED) is 0.867. The molecule has 0 aromatic heterocycles. The summed E-state index contributed by atoms with van der Waals surface area (Å²) in [6.07, 6.45) is 1.16. The van der Waals surface area contributed by atoms with E-state index in [0.717, 1.165) is 19.5 Å². The zero-order valence-electron chi connectivity index (χ0n) is 9.45. The molecule has 1 saturated heterocycles. The highest BCUT2D eigenvalue weighted by Gasteiger charge is 2.22. The molecule has 1 atom stereocenters. The lowest BCUT2D eigenvalue weighted by Crippen LogP contribution is -2.21. The van der Waals surface area contributed by atoms with Crippen LogP contribution >= 0.6 is 15.9 Å². The highest BCUT2D eigenvalue weighted by atomic mass is 79.9. The minimum absolute atomic E-state index is 0.560. The number of hydrogen-bond acceptors (Lipinski definition) is 3. The molecule has 0 radical (unpaired) electrons. The van der Waals surface area contributed by atoms with Crippen molar-refractivity contribution in [2.75, 3.05) is 24.6 Å². The Morgan fingerprint density at radius 2 is 2.38 bits per heavy atom. The molecule has 2 rings (SSSR count). The standard InChI is InChI=1S/C12H17BrN2O/c1-9-2-3-11(6-12(9)13)15-5-4-10(7-15)8-16-14/h2-3,6,10H,4-5,7-8,14H2,1H3. The van der Waals surface area contributed by atoms with Gasteiger partial charge in [0.2, 0.25) is 0 Å². The van der Waals surface area contributed by atoms with E-state index in [4.69, 9.17) is 10.7 Å². The summed E-state index contributed by atoms with van der Waals surface area (Å²) in [6, 6.07) is 6.50. The van der Waals surface area contributed by atoms with Crippen molar-refractivity contribution >= 4 is 21.6 Å². The number of hydrogen-bond donors (Lipinski definition) is 1. The monoisotopic (exact) mass is 284 g/mol. The zero-order valence-corrected chi connectivity index (χ0v) is 11.0. The Labute approximate surface area is 105 Å². The summed E-state index contributed by atoms with van der Waals surface area (Å²) in [5.74, 6) is 5.67. The van der Waals surface area contributed by atoms with E-state index in [1.54, 1.807) is 0 Å². The van der Waals surface area contributed by atoms with Crippen LogP contribution in [-0.2, 0) is 4.84 Å². The van der Waals surface area contributed by atoms with Crippen LogP contribution in [0.1, 0.15) is 12.0 Å². The fraction of sp³-hybridized carbons (Fsp3) is 0.500. The molecule has 1 heterocycles. The summed E-state index contributed by atoms with van der Waals surface area (Å²) in [5.41, 5.74) is 2.54. The SMILES string of the molecule is Cc1ccc(N2CCC(CON)C2)cc1Br. The predicted octanol–water partition coefficient (Wildman–Crippen LogP) is 2.47. The molecule has 0 spiro atoms. The Hall–Kier alpha value is -0.580. The molecule has 88 valence electrons. The molecule has 0 amide bonds. The minimum atomic E-state index is 0.560. The van der Waals surface area contributed by atoms with Gasteiger partial charge < -0.3 is 9.74 Å². The van der Waals surface area contributed by atoms with Gasteiger partial charge in [-0.05, 0) is 31.0 Å². The fourth-order valence-corrected chi connectivity index (χ4v) is 2.48. The van der Waals surface area contributed by atoms with E-state index in [1.807, 2.05) is 0 Å². The van der Waals surface area contributed by atoms with Gasteiger partial charge in [0.05, 0.1) is 6.61 Å². The molecule has 1 aliphatic heterocycles. The summed E-state index contributed by atoms with van der Waals surface area (Å²) in [5, 5.41) is 0. The number of halogens is 1. The summed E-state index contributed by atoms with van der Waals surface area (Å²) >= 11 is 3.57. The Morgan fingerprint density at radius 1 is 1.56 bits per heavy atom. The van der Waals surface area contributed by atoms with Gasteiger partial charge in [-0.15, -0.1) is 0 Å². The molecule has 4 heteroatoms. The van der Waals surface area contributed by atoms with Gasteiger partial charge in [-0.25, -0.2) is 5.90 Å². The van der Waals surface area contributed by atoms with Crippen LogP contribution in [0.5, 0.6) is 0 Å². The third-order valence-electron chi connectivity index (χ3n) is 3.14. The van der Waals surface area contributed by atoms with Gasteiger partial charge in [0.25, 0.3) is 0 Å². The van der Waals surface area contributed by atoms with Crippen molar-refractivity contribution < 1.29 is 4.84 Å². The summed E-state index contributed by atoms with van der Waals surface area (Å²) in [6.45, 7) is 4.88. The molecular weight excluding hydrogens is 268 g/mol. The second-order valence-electron chi connectivity index (χ2n) is 4.37. The number of benzene rings is 1. The van der Waals surface area contributed by atoms with E-state index in [1.165, 1.54) is 15.7 Å². The maximum atomic E-state index is 5.11. The minimum Gasteiger partial charge on any atom is -0.371 e. The number of nitrogens with zero attached hydrogens (tertiary/aromatic N) is 1. The van der Waals surface area contributed by atoms with E-state index in [-0.39, 0.29) is 0 Å². The van der Waals surface area contributed by atoms with E-state index >= 15 is 0 Å². The average Bonchev–Trinajstić information content (AvgIpc) is 2.71. The maximum Gasteiger partial charge on any atom is 0.0724 e. The predicted molar refractivity (Wildman–Crippen MR) is 69.3 cm³/mol. The Morgan fingerprint density at radius 3 is 3.06 bits per heavy atom. The van der Waals surface area contributed by atoms with E-state index in [2.05, 4.69) is 46.0 Å². The Bertz CT molecular complexity index is 370. The summed E-state index contributed by atoms with van der Waals surface area (Å²) < 4.78 is 1.17. The van der Waals surface area contributed by atoms with Crippen LogP contribution in [0.3, 0.4) is 0 Å². The summed E-state index contributed by atoms with van der Waals surface area (Å²) in [4.78, 5) is 7.10. The van der Waals surface area contributed by atoms with E-state index in [9.17, 15) is 0 Å². The first-order valence-corrected chi connectivity index (χ1v) is 6.33. The average molecular weight is 285 g/mol. The van der Waals surface area contributed by atoms with Crippen LogP contribution in [0.25, 0.3) is 0 Å². The molecular formula is C12H17BrN2O. The lowest BCUT2D eigenvalue weighted by molar-refractivity contribution is 0.108. The first-order chi connectivity index (χ1) is 7.70. The second-order valence-corrected chi connectivity index (χ2v) is 5.22. The van der Waals surface area contributed by atoms with Gasteiger partial charge in [-0.2, -0.15) is 0 Å². The van der Waals surface area contributed by atoms with E-state index < -0.39 is 0 Å². The van der Waals surface area contributed by atoms with Gasteiger partial charge in [0.1, 0.15) is 0 Å². The molecule has 1 aromatic rings. The molecule has 0 saturated carbocycles. The molecule has 3 nitrogen and oxygen atoms in total. The van der Waals surface area contributed by atoms with Crippen LogP contribution in [-0.4, -0.2) is 19.7 Å². The smallest absolute Gasteiger partial charge is 0.0724 e. The molecule has 1 aliphatic rings. The number of nitrogens with two attached hydrogens (primary N) is 1. The Balaban J connectivity index is 2.05. The second kappa shape index (κ2) is 5.17. The van der Waals surface area contributed by atoms with Crippen molar-refractivity contribution in [2.45, 2.75) is 13.3 Å². The van der Waals surface area contributed by atoms with Crippen LogP contribution in [0, 0.1) is 12.8 Å². The van der Waals surface area contributed by atoms with Crippen molar-refractivity contribution in [3.8, 4) is 0 Å². The largest absolute Gasteiger partial charge is 0.371 e. The van der Waals surface area contributed by atoms with Gasteiger partial charge in [-0.3, -0.25) is 0 Å². The third-order valence-corrected chi connectivity index (χ3v) is 3.99. The molecule has 16 heavy (non-hydrogen) atoms. The van der Waals surface area contributed by atoms with Crippen LogP contribution < -0.4 is 10.8 Å². The summed E-state index contributed by atoms with van der Waals surface area (Å²) in [7, 11) is 0. The highest BCUT2D eigenvalue weighted by molar-refractivity contribution is 9.10. The van der Waals surface area contributed by atoms with Gasteiger partial charge in [0.15, 0.2) is 0 Å². The first-order valence-electron chi connectivity index (χ1n) is 5.53. The normalized spacial score (nSPS) is 20.4. The van der Waals surface area contributed by atoms with Crippen molar-refractivity contribution in [1.82, 2.24) is 0 Å². The van der Waals surface area contributed by atoms with Crippen LogP contribution in [0.4, 0.5) is 5.69 Å². The van der Waals surface area contributed by atoms with Gasteiger partial charge in [0, 0.05) is 29.2 Å². The lowest BCUT2D eigenvalue weighted by Gasteiger charge is -2.19.